The third kappa shape index (κ3) is 2.60. The van der Waals surface area contributed by atoms with Crippen LogP contribution in [0.3, 0.4) is 0 Å². The lowest BCUT2D eigenvalue weighted by molar-refractivity contribution is -0.141. The van der Waals surface area contributed by atoms with Crippen molar-refractivity contribution in [2.24, 2.45) is 0 Å². The lowest BCUT2D eigenvalue weighted by Gasteiger charge is -2.22. The number of hydrogen-bond donors (Lipinski definition) is 1. The molecule has 2 aromatic carbocycles. The van der Waals surface area contributed by atoms with Crippen LogP contribution in [0.4, 0.5) is 0 Å². The minimum atomic E-state index is -1.38. The number of imide groups is 1. The monoisotopic (exact) mass is 376 g/mol. The van der Waals surface area contributed by atoms with Gasteiger partial charge in [0.25, 0.3) is 11.8 Å². The topological polar surface area (TPSA) is 96.7 Å². The van der Waals surface area contributed by atoms with Crippen molar-refractivity contribution in [3.63, 3.8) is 0 Å². The largest absolute Gasteiger partial charge is 0.480 e. The van der Waals surface area contributed by atoms with E-state index in [1.54, 1.807) is 42.6 Å². The summed E-state index contributed by atoms with van der Waals surface area (Å²) in [5.41, 5.74) is 1.63. The second-order valence-corrected chi connectivity index (χ2v) is 6.64. The van der Waals surface area contributed by atoms with E-state index in [4.69, 9.17) is 0 Å². The standard InChI is InChI=1S/C21H16N2O5/c1-12(24)22-11-13(14-6-4-5-9-17(14)22)10-18(21(27)28)23-19(25)15-7-2-3-8-16(15)20(23)26/h2-9,11,18H,10H2,1H3,(H,27,28)/t18-/m0/s1. The van der Waals surface area contributed by atoms with Crippen LogP contribution in [0.5, 0.6) is 0 Å². The highest BCUT2D eigenvalue weighted by Gasteiger charge is 2.43. The molecule has 0 bridgehead atoms. The highest BCUT2D eigenvalue weighted by Crippen LogP contribution is 2.28. The number of nitrogens with zero attached hydrogens (tertiary/aromatic N) is 2. The molecule has 1 N–H and O–H groups in total. The predicted octanol–water partition coefficient (Wildman–Crippen LogP) is 2.59. The second-order valence-electron chi connectivity index (χ2n) is 6.64. The van der Waals surface area contributed by atoms with Crippen molar-refractivity contribution in [2.75, 3.05) is 0 Å². The zero-order valence-corrected chi connectivity index (χ0v) is 15.0. The number of fused-ring (bicyclic) bond motifs is 2. The lowest BCUT2D eigenvalue weighted by Crippen LogP contribution is -2.46. The van der Waals surface area contributed by atoms with Gasteiger partial charge in [0, 0.05) is 24.9 Å². The molecule has 2 heterocycles. The number of carbonyl (C=O) groups excluding carboxylic acids is 3. The van der Waals surface area contributed by atoms with E-state index < -0.39 is 23.8 Å². The summed E-state index contributed by atoms with van der Waals surface area (Å²) >= 11 is 0. The van der Waals surface area contributed by atoms with Crippen molar-refractivity contribution < 1.29 is 24.3 Å². The molecule has 28 heavy (non-hydrogen) atoms. The van der Waals surface area contributed by atoms with E-state index in [2.05, 4.69) is 0 Å². The molecule has 0 fully saturated rings. The van der Waals surface area contributed by atoms with Crippen LogP contribution in [0.25, 0.3) is 10.9 Å². The molecule has 3 aromatic rings. The Hall–Kier alpha value is -3.74. The minimum Gasteiger partial charge on any atom is -0.480 e. The number of aliphatic carboxylic acids is 1. The van der Waals surface area contributed by atoms with E-state index in [-0.39, 0.29) is 23.5 Å². The van der Waals surface area contributed by atoms with Gasteiger partial charge in [-0.25, -0.2) is 4.79 Å². The first-order valence-corrected chi connectivity index (χ1v) is 8.69. The first-order valence-electron chi connectivity index (χ1n) is 8.69. The van der Waals surface area contributed by atoms with Crippen LogP contribution in [0.1, 0.15) is 38.0 Å². The number of carboxylic acid groups (broad SMARTS) is 1. The van der Waals surface area contributed by atoms with Gasteiger partial charge in [-0.05, 0) is 23.8 Å². The molecule has 1 aliphatic heterocycles. The smallest absolute Gasteiger partial charge is 0.327 e. The first-order chi connectivity index (χ1) is 13.4. The Morgan fingerprint density at radius 3 is 2.11 bits per heavy atom. The fraction of sp³-hybridized carbons (Fsp3) is 0.143. The van der Waals surface area contributed by atoms with E-state index in [1.165, 1.54) is 23.6 Å². The van der Waals surface area contributed by atoms with Crippen molar-refractivity contribution >= 4 is 34.6 Å². The van der Waals surface area contributed by atoms with E-state index in [1.807, 2.05) is 0 Å². The van der Waals surface area contributed by atoms with Gasteiger partial charge in [-0.15, -0.1) is 0 Å². The van der Waals surface area contributed by atoms with Crippen molar-refractivity contribution in [2.45, 2.75) is 19.4 Å². The number of hydrogen-bond acceptors (Lipinski definition) is 4. The quantitative estimate of drug-likeness (QED) is 0.706. The summed E-state index contributed by atoms with van der Waals surface area (Å²) in [7, 11) is 0. The van der Waals surface area contributed by atoms with Crippen LogP contribution in [0, 0.1) is 0 Å². The summed E-state index contributed by atoms with van der Waals surface area (Å²) in [4.78, 5) is 50.1. The molecular formula is C21H16N2O5. The van der Waals surface area contributed by atoms with Crippen LogP contribution in [0.15, 0.2) is 54.7 Å². The van der Waals surface area contributed by atoms with Crippen LogP contribution >= 0.6 is 0 Å². The Bertz CT molecular complexity index is 1130. The lowest BCUT2D eigenvalue weighted by atomic mass is 10.0. The second kappa shape index (κ2) is 6.45. The van der Waals surface area contributed by atoms with Crippen LogP contribution in [-0.2, 0) is 11.2 Å². The summed E-state index contributed by atoms with van der Waals surface area (Å²) in [5, 5.41) is 10.5. The maximum atomic E-state index is 12.7. The normalized spacial score (nSPS) is 14.4. The minimum absolute atomic E-state index is 0.0956. The molecular weight excluding hydrogens is 360 g/mol. The fourth-order valence-electron chi connectivity index (χ4n) is 3.66. The molecule has 1 atom stereocenters. The van der Waals surface area contributed by atoms with Gasteiger partial charge in [-0.1, -0.05) is 30.3 Å². The van der Waals surface area contributed by atoms with Crippen molar-refractivity contribution in [3.8, 4) is 0 Å². The molecule has 0 radical (unpaired) electrons. The van der Waals surface area contributed by atoms with Gasteiger partial charge in [0.1, 0.15) is 6.04 Å². The SMILES string of the molecule is CC(=O)n1cc(C[C@@H](C(=O)O)N2C(=O)c3ccccc3C2=O)c2ccccc21. The Morgan fingerprint density at radius 2 is 1.54 bits per heavy atom. The molecule has 4 rings (SSSR count). The number of amides is 2. The third-order valence-electron chi connectivity index (χ3n) is 4.97. The van der Waals surface area contributed by atoms with Gasteiger partial charge < -0.3 is 5.11 Å². The van der Waals surface area contributed by atoms with Crippen molar-refractivity contribution in [1.82, 2.24) is 9.47 Å². The van der Waals surface area contributed by atoms with Crippen LogP contribution in [-0.4, -0.2) is 44.3 Å². The maximum absolute atomic E-state index is 12.7. The third-order valence-corrected chi connectivity index (χ3v) is 4.97. The Balaban J connectivity index is 1.77. The van der Waals surface area contributed by atoms with Gasteiger partial charge >= 0.3 is 5.97 Å². The zero-order chi connectivity index (χ0) is 20.0. The fourth-order valence-corrected chi connectivity index (χ4v) is 3.66. The summed E-state index contributed by atoms with van der Waals surface area (Å²) in [6.07, 6.45) is 1.47. The van der Waals surface area contributed by atoms with Crippen molar-refractivity contribution in [1.29, 1.82) is 0 Å². The first kappa shape index (κ1) is 17.7. The number of aromatic nitrogens is 1. The molecule has 0 saturated heterocycles. The number of carbonyl (C=O) groups is 4. The molecule has 1 aliphatic rings. The molecule has 0 spiro atoms. The van der Waals surface area contributed by atoms with Crippen molar-refractivity contribution in [3.05, 3.63) is 71.4 Å². The zero-order valence-electron chi connectivity index (χ0n) is 15.0. The molecule has 1 aromatic heterocycles. The van der Waals surface area contributed by atoms with E-state index in [0.29, 0.717) is 16.5 Å². The van der Waals surface area contributed by atoms with E-state index in [9.17, 15) is 24.3 Å². The molecule has 7 nitrogen and oxygen atoms in total. The molecule has 7 heteroatoms. The molecule has 0 aliphatic carbocycles. The summed E-state index contributed by atoms with van der Waals surface area (Å²) < 4.78 is 1.44. The molecule has 0 unspecified atom stereocenters. The van der Waals surface area contributed by atoms with Gasteiger partial charge in [0.15, 0.2) is 0 Å². The highest BCUT2D eigenvalue weighted by atomic mass is 16.4. The summed E-state index contributed by atoms with van der Waals surface area (Å²) in [6.45, 7) is 1.41. The molecule has 0 saturated carbocycles. The molecule has 2 amide bonds. The van der Waals surface area contributed by atoms with Crippen LogP contribution in [0.2, 0.25) is 0 Å². The average molecular weight is 376 g/mol. The number of benzene rings is 2. The Labute approximate surface area is 159 Å². The number of rotatable bonds is 4. The van der Waals surface area contributed by atoms with Gasteiger partial charge in [-0.2, -0.15) is 0 Å². The van der Waals surface area contributed by atoms with Gasteiger partial charge in [0.2, 0.25) is 5.91 Å². The van der Waals surface area contributed by atoms with Gasteiger partial charge in [0.05, 0.1) is 16.6 Å². The highest BCUT2D eigenvalue weighted by molar-refractivity contribution is 6.22. The Kier molecular flexibility index (Phi) is 4.07. The summed E-state index contributed by atoms with van der Waals surface area (Å²) in [6, 6.07) is 12.0. The molecule has 140 valence electrons. The van der Waals surface area contributed by atoms with E-state index in [0.717, 1.165) is 4.90 Å². The average Bonchev–Trinajstić information content (AvgIpc) is 3.17. The Morgan fingerprint density at radius 1 is 0.964 bits per heavy atom. The summed E-state index contributed by atoms with van der Waals surface area (Å²) in [5.74, 6) is -2.74. The maximum Gasteiger partial charge on any atom is 0.327 e. The van der Waals surface area contributed by atoms with Crippen LogP contribution < -0.4 is 0 Å². The predicted molar refractivity (Wildman–Crippen MR) is 100 cm³/mol. The van der Waals surface area contributed by atoms with E-state index >= 15 is 0 Å². The number of para-hydroxylation sites is 1. The number of carboxylic acids is 1. The van der Waals surface area contributed by atoms with Gasteiger partial charge in [-0.3, -0.25) is 23.9 Å².